The van der Waals surface area contributed by atoms with Gasteiger partial charge in [0.05, 0.1) is 22.8 Å². The van der Waals surface area contributed by atoms with E-state index in [0.717, 1.165) is 39.0 Å². The Labute approximate surface area is 218 Å². The third kappa shape index (κ3) is 3.52. The van der Waals surface area contributed by atoms with Gasteiger partial charge in [-0.2, -0.15) is 5.26 Å². The topological polar surface area (TPSA) is 51.5 Å². The molecule has 0 saturated carbocycles. The predicted molar refractivity (Wildman–Crippen MR) is 146 cm³/mol. The zero-order chi connectivity index (χ0) is 25.8. The largest absolute Gasteiger partial charge is 0.498 e. The quantitative estimate of drug-likeness (QED) is 0.324. The van der Waals surface area contributed by atoms with Gasteiger partial charge in [-0.15, -0.1) is 0 Å². The summed E-state index contributed by atoms with van der Waals surface area (Å²) in [5.41, 5.74) is 4.36. The Morgan fingerprint density at radius 3 is 1.84 bits per heavy atom. The molecule has 0 radical (unpaired) electrons. The van der Waals surface area contributed by atoms with Gasteiger partial charge >= 0.3 is 7.12 Å². The van der Waals surface area contributed by atoms with Gasteiger partial charge in [0.15, 0.2) is 5.60 Å². The number of benzene rings is 4. The van der Waals surface area contributed by atoms with Crippen LogP contribution in [0.5, 0.6) is 5.75 Å². The molecule has 2 aliphatic heterocycles. The highest BCUT2D eigenvalue weighted by molar-refractivity contribution is 6.63. The van der Waals surface area contributed by atoms with Crippen molar-refractivity contribution in [2.45, 2.75) is 44.5 Å². The van der Waals surface area contributed by atoms with E-state index in [1.165, 1.54) is 0 Å². The highest BCUT2D eigenvalue weighted by atomic mass is 16.7. The zero-order valence-corrected chi connectivity index (χ0v) is 21.5. The van der Waals surface area contributed by atoms with Gasteiger partial charge in [0, 0.05) is 27.7 Å². The summed E-state index contributed by atoms with van der Waals surface area (Å²) < 4.78 is 20.2. The van der Waals surface area contributed by atoms with E-state index in [9.17, 15) is 5.26 Å². The summed E-state index contributed by atoms with van der Waals surface area (Å²) >= 11 is 0. The summed E-state index contributed by atoms with van der Waals surface area (Å²) in [6.07, 6.45) is 0. The first-order valence-corrected chi connectivity index (χ1v) is 12.6. The van der Waals surface area contributed by atoms with E-state index >= 15 is 0 Å². The van der Waals surface area contributed by atoms with E-state index in [-0.39, 0.29) is 0 Å². The molecule has 0 bridgehead atoms. The van der Waals surface area contributed by atoms with Crippen molar-refractivity contribution in [3.05, 3.63) is 119 Å². The Morgan fingerprint density at radius 1 is 0.676 bits per heavy atom. The lowest BCUT2D eigenvalue weighted by atomic mass is 9.71. The summed E-state index contributed by atoms with van der Waals surface area (Å²) in [6.45, 7) is 8.22. The van der Waals surface area contributed by atoms with Crippen molar-refractivity contribution in [1.82, 2.24) is 0 Å². The average molecular weight is 485 g/mol. The maximum atomic E-state index is 9.81. The molecule has 5 heteroatoms. The zero-order valence-electron chi connectivity index (χ0n) is 21.5. The average Bonchev–Trinajstić information content (AvgIpc) is 3.14. The lowest BCUT2D eigenvalue weighted by Crippen LogP contribution is -2.43. The van der Waals surface area contributed by atoms with Gasteiger partial charge in [-0.1, -0.05) is 84.9 Å². The fourth-order valence-corrected chi connectivity index (χ4v) is 5.33. The van der Waals surface area contributed by atoms with Gasteiger partial charge in [0.25, 0.3) is 0 Å². The van der Waals surface area contributed by atoms with Crippen LogP contribution in [0.2, 0.25) is 0 Å². The van der Waals surface area contributed by atoms with Gasteiger partial charge in [-0.05, 0) is 45.4 Å². The van der Waals surface area contributed by atoms with E-state index in [2.05, 4.69) is 64.1 Å². The maximum absolute atomic E-state index is 9.81. The molecule has 0 spiro atoms. The van der Waals surface area contributed by atoms with Crippen LogP contribution in [0.25, 0.3) is 11.1 Å². The minimum Gasteiger partial charge on any atom is -0.473 e. The molecule has 4 nitrogen and oxygen atoms in total. The van der Waals surface area contributed by atoms with E-state index in [4.69, 9.17) is 14.0 Å². The smallest absolute Gasteiger partial charge is 0.473 e. The molecular formula is C32H28BNO3. The second kappa shape index (κ2) is 8.35. The van der Waals surface area contributed by atoms with Crippen molar-refractivity contribution in [3.8, 4) is 22.9 Å². The molecule has 0 N–H and O–H groups in total. The van der Waals surface area contributed by atoms with E-state index < -0.39 is 23.9 Å². The molecule has 0 unspecified atom stereocenters. The van der Waals surface area contributed by atoms with Gasteiger partial charge in [-0.25, -0.2) is 0 Å². The molecule has 2 aliphatic rings. The van der Waals surface area contributed by atoms with Crippen LogP contribution in [-0.2, 0) is 14.9 Å². The van der Waals surface area contributed by atoms with Crippen molar-refractivity contribution >= 4 is 12.6 Å². The van der Waals surface area contributed by atoms with Crippen molar-refractivity contribution < 1.29 is 14.0 Å². The highest BCUT2D eigenvalue weighted by Gasteiger charge is 2.54. The van der Waals surface area contributed by atoms with E-state index in [1.54, 1.807) is 0 Å². The molecule has 37 heavy (non-hydrogen) atoms. The summed E-state index contributed by atoms with van der Waals surface area (Å²) in [5, 5.41) is 9.81. The van der Waals surface area contributed by atoms with Gasteiger partial charge < -0.3 is 14.0 Å². The van der Waals surface area contributed by atoms with Gasteiger partial charge in [0.2, 0.25) is 0 Å². The minimum atomic E-state index is -0.975. The van der Waals surface area contributed by atoms with Crippen LogP contribution >= 0.6 is 0 Å². The number of para-hydroxylation sites is 1. The van der Waals surface area contributed by atoms with E-state index in [0.29, 0.717) is 5.56 Å². The number of hydrogen-bond donors (Lipinski definition) is 0. The third-order valence-corrected chi connectivity index (χ3v) is 7.99. The number of hydrogen-bond acceptors (Lipinski definition) is 4. The normalized spacial score (nSPS) is 18.3. The first-order valence-electron chi connectivity index (χ1n) is 12.6. The summed E-state index contributed by atoms with van der Waals surface area (Å²) in [6, 6.07) is 34.7. The standard InChI is InChI=1S/C32H28BNO3/c1-30(2)31(3,4)37-33(36-30)28-17-11-16-26-25-19-18-22(21-34)20-27(25)32(35-29(26)28,23-12-7-5-8-13-23)24-14-9-6-10-15-24/h5-20H,1-4H3. The lowest BCUT2D eigenvalue weighted by Gasteiger charge is -2.42. The molecule has 182 valence electrons. The predicted octanol–water partition coefficient (Wildman–Crippen LogP) is 6.21. The number of rotatable bonds is 3. The Hall–Kier alpha value is -3.85. The van der Waals surface area contributed by atoms with Crippen molar-refractivity contribution in [3.63, 3.8) is 0 Å². The number of nitriles is 1. The van der Waals surface area contributed by atoms with Gasteiger partial charge in [0.1, 0.15) is 5.75 Å². The first-order chi connectivity index (χ1) is 17.8. The van der Waals surface area contributed by atoms with Crippen LogP contribution in [-0.4, -0.2) is 18.3 Å². The molecule has 6 rings (SSSR count). The van der Waals surface area contributed by atoms with Crippen LogP contribution < -0.4 is 10.2 Å². The van der Waals surface area contributed by atoms with Crippen molar-refractivity contribution in [1.29, 1.82) is 5.26 Å². The number of fused-ring (bicyclic) bond motifs is 3. The monoisotopic (exact) mass is 485 g/mol. The molecule has 4 aromatic rings. The van der Waals surface area contributed by atoms with Crippen molar-refractivity contribution in [2.24, 2.45) is 0 Å². The van der Waals surface area contributed by atoms with Crippen LogP contribution in [0.15, 0.2) is 97.1 Å². The maximum Gasteiger partial charge on any atom is 0.498 e. The fourth-order valence-electron chi connectivity index (χ4n) is 5.33. The fraction of sp³-hybridized carbons (Fsp3) is 0.219. The molecule has 1 saturated heterocycles. The Kier molecular flexibility index (Phi) is 5.31. The van der Waals surface area contributed by atoms with Crippen LogP contribution in [0.1, 0.15) is 49.9 Å². The summed E-state index contributed by atoms with van der Waals surface area (Å²) in [7, 11) is -0.580. The molecule has 1 fully saturated rings. The molecular weight excluding hydrogens is 457 g/mol. The Balaban J connectivity index is 1.66. The van der Waals surface area contributed by atoms with Crippen LogP contribution in [0.4, 0.5) is 0 Å². The van der Waals surface area contributed by atoms with Gasteiger partial charge in [-0.3, -0.25) is 0 Å². The van der Waals surface area contributed by atoms with Crippen molar-refractivity contribution in [2.75, 3.05) is 0 Å². The Bertz CT molecular complexity index is 1470. The third-order valence-electron chi connectivity index (χ3n) is 7.99. The number of ether oxygens (including phenoxy) is 1. The Morgan fingerprint density at radius 2 is 1.27 bits per heavy atom. The second-order valence-electron chi connectivity index (χ2n) is 10.7. The molecule has 0 amide bonds. The lowest BCUT2D eigenvalue weighted by molar-refractivity contribution is 0.00578. The van der Waals surface area contributed by atoms with E-state index in [1.807, 2.05) is 66.7 Å². The molecule has 0 aliphatic carbocycles. The summed E-state index contributed by atoms with van der Waals surface area (Å²) in [5.74, 6) is 0.728. The minimum absolute atomic E-state index is 0.482. The molecule has 4 aromatic carbocycles. The molecule has 0 atom stereocenters. The SMILES string of the molecule is CC1(C)OB(c2cccc3c2OC(c2ccccc2)(c2ccccc2)c2cc(C#N)ccc2-3)OC1(C)C. The first kappa shape index (κ1) is 23.5. The second-order valence-corrected chi connectivity index (χ2v) is 10.7. The molecule has 2 heterocycles. The summed E-state index contributed by atoms with van der Waals surface area (Å²) in [4.78, 5) is 0. The highest BCUT2D eigenvalue weighted by Crippen LogP contribution is 2.51. The number of nitrogens with zero attached hydrogens (tertiary/aromatic N) is 1. The van der Waals surface area contributed by atoms with Crippen LogP contribution in [0.3, 0.4) is 0 Å². The molecule has 0 aromatic heterocycles. The van der Waals surface area contributed by atoms with Crippen LogP contribution in [0, 0.1) is 11.3 Å².